The fraction of sp³-hybridized carbons (Fsp3) is 0.464. The number of carbonyl (C=O) groups excluding carboxylic acids is 3. The largest absolute Gasteiger partial charge is 0.416 e. The zero-order chi connectivity index (χ0) is 29.6. The minimum Gasteiger partial charge on any atom is -0.378 e. The SMILES string of the molecule is CC(C)NC(=O)Nc1ccc(N2CCCN(C(=O)Nc3cccc(C(F)(F)F)c3)CC2)c(C(=O)N2CCOCC2)c1. The van der Waals surface area contributed by atoms with Crippen molar-refractivity contribution in [2.45, 2.75) is 32.5 Å². The van der Waals surface area contributed by atoms with Crippen LogP contribution in [0, 0.1) is 0 Å². The second kappa shape index (κ2) is 13.1. The molecule has 3 N–H and O–H groups in total. The Morgan fingerprint density at radius 3 is 2.29 bits per heavy atom. The number of halogens is 3. The summed E-state index contributed by atoms with van der Waals surface area (Å²) >= 11 is 0. The summed E-state index contributed by atoms with van der Waals surface area (Å²) in [4.78, 5) is 44.1. The molecule has 2 aliphatic rings. The molecule has 0 atom stereocenters. The highest BCUT2D eigenvalue weighted by Gasteiger charge is 2.31. The summed E-state index contributed by atoms with van der Waals surface area (Å²) in [5, 5.41) is 8.11. The first-order valence-corrected chi connectivity index (χ1v) is 13.6. The number of nitrogens with one attached hydrogen (secondary N) is 3. The highest BCUT2D eigenvalue weighted by molar-refractivity contribution is 6.02. The molecule has 222 valence electrons. The van der Waals surface area contributed by atoms with Crippen LogP contribution in [0.3, 0.4) is 0 Å². The van der Waals surface area contributed by atoms with E-state index in [0.29, 0.717) is 75.8 Å². The number of hydrogen-bond acceptors (Lipinski definition) is 5. The van der Waals surface area contributed by atoms with Gasteiger partial charge < -0.3 is 35.4 Å². The van der Waals surface area contributed by atoms with Gasteiger partial charge in [0.1, 0.15) is 0 Å². The van der Waals surface area contributed by atoms with Gasteiger partial charge in [-0.15, -0.1) is 0 Å². The highest BCUT2D eigenvalue weighted by Crippen LogP contribution is 2.31. The number of urea groups is 2. The minimum atomic E-state index is -4.51. The van der Waals surface area contributed by atoms with Crippen LogP contribution < -0.4 is 20.9 Å². The summed E-state index contributed by atoms with van der Waals surface area (Å²) in [6.07, 6.45) is -3.93. The van der Waals surface area contributed by atoms with Crippen LogP contribution in [-0.4, -0.2) is 86.3 Å². The molecule has 13 heteroatoms. The van der Waals surface area contributed by atoms with E-state index in [2.05, 4.69) is 16.0 Å². The van der Waals surface area contributed by atoms with Crippen molar-refractivity contribution in [1.82, 2.24) is 15.1 Å². The van der Waals surface area contributed by atoms with E-state index in [4.69, 9.17) is 4.74 Å². The zero-order valence-corrected chi connectivity index (χ0v) is 23.1. The Balaban J connectivity index is 1.49. The van der Waals surface area contributed by atoms with Gasteiger partial charge in [0.25, 0.3) is 5.91 Å². The molecule has 0 bridgehead atoms. The third kappa shape index (κ3) is 8.03. The van der Waals surface area contributed by atoms with Gasteiger partial charge in [0.05, 0.1) is 24.3 Å². The molecule has 0 spiro atoms. The number of morpholine rings is 1. The van der Waals surface area contributed by atoms with Gasteiger partial charge in [-0.3, -0.25) is 4.79 Å². The molecule has 41 heavy (non-hydrogen) atoms. The fourth-order valence-corrected chi connectivity index (χ4v) is 4.76. The lowest BCUT2D eigenvalue weighted by Gasteiger charge is -2.30. The van der Waals surface area contributed by atoms with E-state index in [1.807, 2.05) is 18.7 Å². The number of alkyl halides is 3. The first-order valence-electron chi connectivity index (χ1n) is 13.6. The predicted octanol–water partition coefficient (Wildman–Crippen LogP) is 4.45. The van der Waals surface area contributed by atoms with Crippen molar-refractivity contribution in [2.24, 2.45) is 0 Å². The molecule has 0 radical (unpaired) electrons. The first-order chi connectivity index (χ1) is 19.5. The molecule has 5 amide bonds. The number of benzene rings is 2. The van der Waals surface area contributed by atoms with Crippen molar-refractivity contribution >= 4 is 35.0 Å². The molecular formula is C28H35F3N6O4. The molecule has 2 fully saturated rings. The number of anilines is 3. The Hall–Kier alpha value is -4.00. The maximum atomic E-state index is 13.6. The van der Waals surface area contributed by atoms with E-state index in [1.54, 1.807) is 28.0 Å². The number of rotatable bonds is 5. The number of amides is 5. The van der Waals surface area contributed by atoms with Gasteiger partial charge in [-0.25, -0.2) is 9.59 Å². The molecule has 2 aromatic rings. The second-order valence-electron chi connectivity index (χ2n) is 10.2. The molecule has 0 unspecified atom stereocenters. The average molecular weight is 577 g/mol. The van der Waals surface area contributed by atoms with E-state index >= 15 is 0 Å². The highest BCUT2D eigenvalue weighted by atomic mass is 19.4. The minimum absolute atomic E-state index is 0.0606. The number of carbonyl (C=O) groups is 3. The summed E-state index contributed by atoms with van der Waals surface area (Å²) in [5.74, 6) is -0.181. The molecule has 2 heterocycles. The second-order valence-corrected chi connectivity index (χ2v) is 10.2. The maximum absolute atomic E-state index is 13.6. The summed E-state index contributed by atoms with van der Waals surface area (Å²) < 4.78 is 44.6. The van der Waals surface area contributed by atoms with Gasteiger partial charge in [0.2, 0.25) is 0 Å². The van der Waals surface area contributed by atoms with Gasteiger partial charge >= 0.3 is 18.2 Å². The molecule has 0 aromatic heterocycles. The third-order valence-corrected chi connectivity index (χ3v) is 6.77. The van der Waals surface area contributed by atoms with Crippen molar-refractivity contribution in [2.75, 3.05) is 68.0 Å². The van der Waals surface area contributed by atoms with E-state index in [-0.39, 0.29) is 23.7 Å². The number of ether oxygens (including phenoxy) is 1. The van der Waals surface area contributed by atoms with Crippen LogP contribution >= 0.6 is 0 Å². The Bertz CT molecular complexity index is 1250. The van der Waals surface area contributed by atoms with Gasteiger partial charge in [-0.05, 0) is 56.7 Å². The van der Waals surface area contributed by atoms with E-state index in [9.17, 15) is 27.6 Å². The van der Waals surface area contributed by atoms with E-state index in [1.165, 1.54) is 12.1 Å². The average Bonchev–Trinajstić information content (AvgIpc) is 3.19. The maximum Gasteiger partial charge on any atom is 0.416 e. The summed E-state index contributed by atoms with van der Waals surface area (Å²) in [5.41, 5.74) is 0.802. The Labute approximate surface area is 236 Å². The van der Waals surface area contributed by atoms with Crippen LogP contribution in [0.25, 0.3) is 0 Å². The van der Waals surface area contributed by atoms with Gasteiger partial charge in [-0.1, -0.05) is 6.07 Å². The first kappa shape index (κ1) is 30.0. The van der Waals surface area contributed by atoms with Crippen LogP contribution in [0.4, 0.5) is 39.8 Å². The molecule has 10 nitrogen and oxygen atoms in total. The van der Waals surface area contributed by atoms with Crippen molar-refractivity contribution < 1.29 is 32.3 Å². The third-order valence-electron chi connectivity index (χ3n) is 6.77. The standard InChI is InChI=1S/C28H35F3N6O4/c1-19(2)32-26(39)33-22-7-8-24(23(18-22)25(38)36-13-15-41-16-14-36)35-9-4-10-37(12-11-35)27(40)34-21-6-3-5-20(17-21)28(29,30)31/h3,5-8,17-19H,4,9-16H2,1-2H3,(H,34,40)(H2,32,33,39). The Morgan fingerprint density at radius 1 is 0.854 bits per heavy atom. The molecular weight excluding hydrogens is 541 g/mol. The summed E-state index contributed by atoms with van der Waals surface area (Å²) in [7, 11) is 0. The van der Waals surface area contributed by atoms with E-state index < -0.39 is 17.8 Å². The lowest BCUT2D eigenvalue weighted by atomic mass is 10.1. The molecule has 0 saturated carbocycles. The zero-order valence-electron chi connectivity index (χ0n) is 23.1. The topological polar surface area (TPSA) is 106 Å². The van der Waals surface area contributed by atoms with Crippen molar-refractivity contribution in [1.29, 1.82) is 0 Å². The monoisotopic (exact) mass is 576 g/mol. The van der Waals surface area contributed by atoms with Crippen molar-refractivity contribution in [3.63, 3.8) is 0 Å². The number of hydrogen-bond donors (Lipinski definition) is 3. The molecule has 0 aliphatic carbocycles. The predicted molar refractivity (Wildman–Crippen MR) is 149 cm³/mol. The van der Waals surface area contributed by atoms with Gasteiger partial charge in [-0.2, -0.15) is 13.2 Å². The van der Waals surface area contributed by atoms with Crippen molar-refractivity contribution in [3.8, 4) is 0 Å². The molecule has 4 rings (SSSR count). The van der Waals surface area contributed by atoms with Crippen LogP contribution in [0.5, 0.6) is 0 Å². The summed E-state index contributed by atoms with van der Waals surface area (Å²) in [6.45, 7) is 7.12. The molecule has 2 aromatic carbocycles. The fourth-order valence-electron chi connectivity index (χ4n) is 4.76. The smallest absolute Gasteiger partial charge is 0.378 e. The molecule has 2 aliphatic heterocycles. The summed E-state index contributed by atoms with van der Waals surface area (Å²) in [6, 6.07) is 8.77. The number of nitrogens with zero attached hydrogens (tertiary/aromatic N) is 3. The van der Waals surface area contributed by atoms with Crippen LogP contribution in [0.2, 0.25) is 0 Å². The van der Waals surface area contributed by atoms with E-state index in [0.717, 1.165) is 12.1 Å². The normalized spacial score (nSPS) is 16.3. The lowest BCUT2D eigenvalue weighted by molar-refractivity contribution is -0.137. The Kier molecular flexibility index (Phi) is 9.58. The van der Waals surface area contributed by atoms with Crippen LogP contribution in [0.1, 0.15) is 36.2 Å². The van der Waals surface area contributed by atoms with Crippen LogP contribution in [0.15, 0.2) is 42.5 Å². The Morgan fingerprint density at radius 2 is 1.59 bits per heavy atom. The van der Waals surface area contributed by atoms with Crippen LogP contribution in [-0.2, 0) is 10.9 Å². The lowest BCUT2D eigenvalue weighted by Crippen LogP contribution is -2.42. The van der Waals surface area contributed by atoms with Crippen molar-refractivity contribution in [3.05, 3.63) is 53.6 Å². The van der Waals surface area contributed by atoms with Gasteiger partial charge in [0.15, 0.2) is 0 Å². The van der Waals surface area contributed by atoms with Gasteiger partial charge in [0, 0.05) is 62.4 Å². The molecule has 2 saturated heterocycles. The quantitative estimate of drug-likeness (QED) is 0.488.